The van der Waals surface area contributed by atoms with Crippen LogP contribution in [0.15, 0.2) is 23.5 Å². The molecule has 0 fully saturated rings. The molecule has 1 aromatic heterocycles. The minimum Gasteiger partial charge on any atom is -0.340 e. The molecule has 2 aromatic rings. The van der Waals surface area contributed by atoms with Gasteiger partial charge in [0.1, 0.15) is 0 Å². The smallest absolute Gasteiger partial charge is 0.0906 e. The van der Waals surface area contributed by atoms with Gasteiger partial charge in [0.15, 0.2) is 0 Å². The summed E-state index contributed by atoms with van der Waals surface area (Å²) in [6.45, 7) is 3.75. The van der Waals surface area contributed by atoms with Crippen molar-refractivity contribution in [3.63, 3.8) is 0 Å². The van der Waals surface area contributed by atoms with Gasteiger partial charge >= 0.3 is 0 Å². The van der Waals surface area contributed by atoms with E-state index < -0.39 is 0 Å². The molecule has 1 atom stereocenters. The van der Waals surface area contributed by atoms with Gasteiger partial charge in [-0.25, -0.2) is 0 Å². The third-order valence-electron chi connectivity index (χ3n) is 4.61. The molecule has 98 valence electrons. The van der Waals surface area contributed by atoms with E-state index in [2.05, 4.69) is 35.0 Å². The molecule has 0 saturated heterocycles. The summed E-state index contributed by atoms with van der Waals surface area (Å²) in [5.74, 6) is 0. The maximum absolute atomic E-state index is 11.0. The summed E-state index contributed by atoms with van der Waals surface area (Å²) in [6, 6.07) is 6.89. The number of nitroso groups, excluding NO2 is 1. The lowest BCUT2D eigenvalue weighted by Gasteiger charge is -2.36. The van der Waals surface area contributed by atoms with E-state index in [0.29, 0.717) is 0 Å². The highest BCUT2D eigenvalue weighted by atomic mass is 16.3. The Morgan fingerprint density at radius 1 is 1.32 bits per heavy atom. The highest BCUT2D eigenvalue weighted by molar-refractivity contribution is 5.87. The lowest BCUT2D eigenvalue weighted by atomic mass is 9.90. The van der Waals surface area contributed by atoms with Crippen molar-refractivity contribution in [1.29, 1.82) is 0 Å². The first-order chi connectivity index (χ1) is 9.29. The molecule has 2 heterocycles. The van der Waals surface area contributed by atoms with Crippen molar-refractivity contribution in [2.75, 3.05) is 6.54 Å². The van der Waals surface area contributed by atoms with Gasteiger partial charge in [0.25, 0.3) is 0 Å². The SMILES string of the molecule is Cc1ccc2c(c1)c1c3n2CCN(N=O)C3CCC1. The first-order valence-corrected chi connectivity index (χ1v) is 7.01. The quantitative estimate of drug-likeness (QED) is 0.733. The van der Waals surface area contributed by atoms with Gasteiger partial charge in [-0.15, -0.1) is 4.91 Å². The van der Waals surface area contributed by atoms with Crippen LogP contribution in [0.2, 0.25) is 0 Å². The van der Waals surface area contributed by atoms with Crippen LogP contribution in [0.3, 0.4) is 0 Å². The van der Waals surface area contributed by atoms with Gasteiger partial charge in [0.2, 0.25) is 0 Å². The van der Waals surface area contributed by atoms with E-state index in [4.69, 9.17) is 0 Å². The zero-order chi connectivity index (χ0) is 13.0. The fourth-order valence-electron chi connectivity index (χ4n) is 3.80. The molecule has 1 aliphatic heterocycles. The summed E-state index contributed by atoms with van der Waals surface area (Å²) in [5, 5.41) is 6.35. The van der Waals surface area contributed by atoms with Crippen LogP contribution < -0.4 is 0 Å². The number of aryl methyl sites for hydroxylation is 2. The van der Waals surface area contributed by atoms with E-state index in [-0.39, 0.29) is 6.04 Å². The maximum Gasteiger partial charge on any atom is 0.0906 e. The van der Waals surface area contributed by atoms with Crippen molar-refractivity contribution in [3.8, 4) is 0 Å². The molecule has 0 bridgehead atoms. The van der Waals surface area contributed by atoms with E-state index >= 15 is 0 Å². The topological polar surface area (TPSA) is 37.6 Å². The van der Waals surface area contributed by atoms with Crippen molar-refractivity contribution in [2.45, 2.75) is 38.8 Å². The first-order valence-electron chi connectivity index (χ1n) is 7.01. The van der Waals surface area contributed by atoms with E-state index in [9.17, 15) is 4.91 Å². The number of rotatable bonds is 1. The minimum atomic E-state index is 0.197. The predicted molar refractivity (Wildman–Crippen MR) is 74.9 cm³/mol. The largest absolute Gasteiger partial charge is 0.340 e. The molecular weight excluding hydrogens is 238 g/mol. The van der Waals surface area contributed by atoms with Crippen molar-refractivity contribution in [1.82, 2.24) is 9.58 Å². The van der Waals surface area contributed by atoms with Crippen LogP contribution in [0, 0.1) is 11.8 Å². The van der Waals surface area contributed by atoms with Gasteiger partial charge in [-0.1, -0.05) is 11.6 Å². The molecule has 2 aliphatic rings. The molecule has 0 radical (unpaired) electrons. The Morgan fingerprint density at radius 2 is 2.21 bits per heavy atom. The second-order valence-electron chi connectivity index (χ2n) is 5.69. The molecule has 0 N–H and O–H groups in total. The molecule has 1 unspecified atom stereocenters. The van der Waals surface area contributed by atoms with Crippen molar-refractivity contribution < 1.29 is 0 Å². The lowest BCUT2D eigenvalue weighted by Crippen LogP contribution is -2.36. The normalized spacial score (nSPS) is 21.5. The Hall–Kier alpha value is -1.84. The Kier molecular flexibility index (Phi) is 2.22. The van der Waals surface area contributed by atoms with Crippen molar-refractivity contribution >= 4 is 10.9 Å². The number of hydrogen-bond acceptors (Lipinski definition) is 2. The third kappa shape index (κ3) is 1.40. The molecule has 4 nitrogen and oxygen atoms in total. The maximum atomic E-state index is 11.0. The monoisotopic (exact) mass is 255 g/mol. The molecule has 0 saturated carbocycles. The van der Waals surface area contributed by atoms with E-state index in [1.807, 2.05) is 0 Å². The Bertz CT molecular complexity index is 674. The third-order valence-corrected chi connectivity index (χ3v) is 4.61. The fraction of sp³-hybridized carbons (Fsp3) is 0.467. The highest BCUT2D eigenvalue weighted by Crippen LogP contribution is 2.42. The van der Waals surface area contributed by atoms with Gasteiger partial charge in [-0.2, -0.15) is 0 Å². The van der Waals surface area contributed by atoms with E-state index in [1.54, 1.807) is 5.01 Å². The van der Waals surface area contributed by atoms with Gasteiger partial charge < -0.3 is 4.57 Å². The minimum absolute atomic E-state index is 0.197. The number of hydrogen-bond donors (Lipinski definition) is 0. The van der Waals surface area contributed by atoms with Crippen LogP contribution in [0.5, 0.6) is 0 Å². The van der Waals surface area contributed by atoms with Gasteiger partial charge in [-0.3, -0.25) is 5.01 Å². The number of nitrogens with zero attached hydrogens (tertiary/aromatic N) is 3. The molecule has 1 aromatic carbocycles. The average molecular weight is 255 g/mol. The van der Waals surface area contributed by atoms with Gasteiger partial charge in [0.05, 0.1) is 17.9 Å². The van der Waals surface area contributed by atoms with Crippen LogP contribution in [0.1, 0.15) is 35.7 Å². The van der Waals surface area contributed by atoms with Crippen molar-refractivity contribution in [3.05, 3.63) is 39.9 Å². The number of fused-ring (bicyclic) bond motifs is 3. The Balaban J connectivity index is 2.04. The molecule has 0 spiro atoms. The summed E-state index contributed by atoms with van der Waals surface area (Å²) in [6.07, 6.45) is 3.33. The number of benzene rings is 1. The van der Waals surface area contributed by atoms with Gasteiger partial charge in [-0.05, 0) is 43.9 Å². The van der Waals surface area contributed by atoms with E-state index in [1.165, 1.54) is 27.7 Å². The van der Waals surface area contributed by atoms with Gasteiger partial charge in [0, 0.05) is 23.1 Å². The molecule has 19 heavy (non-hydrogen) atoms. The number of aromatic nitrogens is 1. The average Bonchev–Trinajstić information content (AvgIpc) is 2.75. The summed E-state index contributed by atoms with van der Waals surface area (Å²) < 4.78 is 2.41. The Morgan fingerprint density at radius 3 is 3.05 bits per heavy atom. The van der Waals surface area contributed by atoms with Crippen LogP contribution in [0.4, 0.5) is 0 Å². The van der Waals surface area contributed by atoms with Crippen LogP contribution in [-0.4, -0.2) is 16.1 Å². The van der Waals surface area contributed by atoms with Crippen molar-refractivity contribution in [2.24, 2.45) is 5.29 Å². The zero-order valence-corrected chi connectivity index (χ0v) is 11.1. The van der Waals surface area contributed by atoms with Crippen LogP contribution >= 0.6 is 0 Å². The van der Waals surface area contributed by atoms with Crippen LogP contribution in [-0.2, 0) is 13.0 Å². The summed E-state index contributed by atoms with van der Waals surface area (Å²) >= 11 is 0. The summed E-state index contributed by atoms with van der Waals surface area (Å²) in [7, 11) is 0. The predicted octanol–water partition coefficient (Wildman–Crippen LogP) is 3.32. The van der Waals surface area contributed by atoms with Crippen LogP contribution in [0.25, 0.3) is 10.9 Å². The highest BCUT2D eigenvalue weighted by Gasteiger charge is 2.34. The Labute approximate surface area is 111 Å². The molecule has 1 aliphatic carbocycles. The molecule has 4 rings (SSSR count). The van der Waals surface area contributed by atoms with E-state index in [0.717, 1.165) is 32.4 Å². The first kappa shape index (κ1) is 11.0. The lowest BCUT2D eigenvalue weighted by molar-refractivity contribution is 0.144. The molecule has 0 amide bonds. The summed E-state index contributed by atoms with van der Waals surface area (Å²) in [5.41, 5.74) is 5.42. The molecular formula is C15H17N3O. The summed E-state index contributed by atoms with van der Waals surface area (Å²) in [4.78, 5) is 11.0. The zero-order valence-electron chi connectivity index (χ0n) is 11.1. The fourth-order valence-corrected chi connectivity index (χ4v) is 3.80. The molecule has 4 heteroatoms. The second kappa shape index (κ2) is 3.83. The standard InChI is InChI=1S/C15H17N3O/c1-10-5-6-13-12(9-10)11-3-2-4-14-15(11)17(13)7-8-18(14)16-19/h5-6,9,14H,2-4,7-8H2,1H3. The second-order valence-corrected chi connectivity index (χ2v) is 5.69.